The van der Waals surface area contributed by atoms with Gasteiger partial charge in [0, 0.05) is 35.5 Å². The molecule has 0 radical (unpaired) electrons. The van der Waals surface area contributed by atoms with Crippen LogP contribution in [0.1, 0.15) is 44.0 Å². The molecule has 8 heteroatoms. The third kappa shape index (κ3) is 4.04. The molecule has 26 heavy (non-hydrogen) atoms. The number of rotatable bonds is 6. The molecule has 6 nitrogen and oxygen atoms in total. The Morgan fingerprint density at radius 3 is 2.65 bits per heavy atom. The van der Waals surface area contributed by atoms with Gasteiger partial charge in [0.25, 0.3) is 0 Å². The Labute approximate surface area is 161 Å². The summed E-state index contributed by atoms with van der Waals surface area (Å²) in [6, 6.07) is 7.22. The van der Waals surface area contributed by atoms with Crippen molar-refractivity contribution in [2.75, 3.05) is 16.8 Å². The Balaban J connectivity index is 1.67. The number of amides is 2. The predicted octanol–water partition coefficient (Wildman–Crippen LogP) is 4.09. The molecule has 0 saturated carbocycles. The molecule has 0 bridgehead atoms. The van der Waals surface area contributed by atoms with Gasteiger partial charge in [-0.25, -0.2) is 0 Å². The third-order valence-corrected chi connectivity index (χ3v) is 5.89. The molecular formula is C18H21ClN4O2S. The van der Waals surface area contributed by atoms with Crippen LogP contribution in [-0.4, -0.2) is 28.6 Å². The van der Waals surface area contributed by atoms with Crippen LogP contribution < -0.4 is 10.2 Å². The number of nitrogens with one attached hydrogen (secondary N) is 1. The van der Waals surface area contributed by atoms with Gasteiger partial charge in [0.15, 0.2) is 0 Å². The SMILES string of the molecule is CCC(CC)C(=O)Nc1nnc([C@@H]2CC(=O)N(c3ccc(Cl)cc3)C2)s1. The highest BCUT2D eigenvalue weighted by Gasteiger charge is 2.34. The number of nitrogens with zero attached hydrogens (tertiary/aromatic N) is 3. The number of carbonyl (C=O) groups is 2. The Bertz CT molecular complexity index is 789. The largest absolute Gasteiger partial charge is 0.312 e. The molecule has 0 spiro atoms. The molecule has 1 saturated heterocycles. The van der Waals surface area contributed by atoms with Gasteiger partial charge in [0.2, 0.25) is 16.9 Å². The van der Waals surface area contributed by atoms with Crippen molar-refractivity contribution in [3.63, 3.8) is 0 Å². The van der Waals surface area contributed by atoms with E-state index in [0.29, 0.717) is 23.1 Å². The molecule has 2 amide bonds. The third-order valence-electron chi connectivity index (χ3n) is 4.64. The van der Waals surface area contributed by atoms with Gasteiger partial charge in [0.05, 0.1) is 0 Å². The highest BCUT2D eigenvalue weighted by Crippen LogP contribution is 2.34. The second-order valence-electron chi connectivity index (χ2n) is 6.33. The van der Waals surface area contributed by atoms with Gasteiger partial charge >= 0.3 is 0 Å². The van der Waals surface area contributed by atoms with E-state index in [1.54, 1.807) is 17.0 Å². The monoisotopic (exact) mass is 392 g/mol. The first-order valence-corrected chi connectivity index (χ1v) is 9.91. The van der Waals surface area contributed by atoms with E-state index < -0.39 is 0 Å². The maximum absolute atomic E-state index is 12.4. The van der Waals surface area contributed by atoms with Gasteiger partial charge in [-0.05, 0) is 37.1 Å². The zero-order chi connectivity index (χ0) is 18.7. The summed E-state index contributed by atoms with van der Waals surface area (Å²) in [4.78, 5) is 26.3. The van der Waals surface area contributed by atoms with Crippen molar-refractivity contribution in [3.05, 3.63) is 34.3 Å². The van der Waals surface area contributed by atoms with Crippen molar-refractivity contribution in [3.8, 4) is 0 Å². The molecule has 1 aliphatic rings. The van der Waals surface area contributed by atoms with Gasteiger partial charge in [-0.2, -0.15) is 0 Å². The summed E-state index contributed by atoms with van der Waals surface area (Å²) >= 11 is 7.26. The topological polar surface area (TPSA) is 75.2 Å². The molecule has 1 aromatic carbocycles. The molecule has 1 N–H and O–H groups in total. The Morgan fingerprint density at radius 1 is 1.31 bits per heavy atom. The lowest BCUT2D eigenvalue weighted by Crippen LogP contribution is -2.24. The van der Waals surface area contributed by atoms with Gasteiger partial charge < -0.3 is 10.2 Å². The fraction of sp³-hybridized carbons (Fsp3) is 0.444. The van der Waals surface area contributed by atoms with E-state index >= 15 is 0 Å². The van der Waals surface area contributed by atoms with Crippen LogP contribution in [0.4, 0.5) is 10.8 Å². The summed E-state index contributed by atoms with van der Waals surface area (Å²) in [5.41, 5.74) is 0.827. The minimum absolute atomic E-state index is 0.0178. The molecule has 138 valence electrons. The Hall–Kier alpha value is -1.99. The van der Waals surface area contributed by atoms with Crippen molar-refractivity contribution in [2.24, 2.45) is 5.92 Å². The molecule has 1 aromatic heterocycles. The van der Waals surface area contributed by atoms with Crippen molar-refractivity contribution < 1.29 is 9.59 Å². The summed E-state index contributed by atoms with van der Waals surface area (Å²) in [5, 5.41) is 13.0. The van der Waals surface area contributed by atoms with Gasteiger partial charge in [0.1, 0.15) is 5.01 Å². The average molecular weight is 393 g/mol. The highest BCUT2D eigenvalue weighted by atomic mass is 35.5. The second kappa shape index (κ2) is 8.14. The first-order valence-electron chi connectivity index (χ1n) is 8.72. The fourth-order valence-electron chi connectivity index (χ4n) is 3.06. The zero-order valence-corrected chi connectivity index (χ0v) is 16.3. The van der Waals surface area contributed by atoms with Crippen molar-refractivity contribution >= 4 is 45.6 Å². The van der Waals surface area contributed by atoms with Crippen LogP contribution in [0.15, 0.2) is 24.3 Å². The zero-order valence-electron chi connectivity index (χ0n) is 14.7. The molecule has 0 aliphatic carbocycles. The minimum Gasteiger partial charge on any atom is -0.312 e. The summed E-state index contributed by atoms with van der Waals surface area (Å²) in [5.74, 6) is -0.0107. The lowest BCUT2D eigenvalue weighted by atomic mass is 10.0. The highest BCUT2D eigenvalue weighted by molar-refractivity contribution is 7.15. The number of halogens is 1. The summed E-state index contributed by atoms with van der Waals surface area (Å²) < 4.78 is 0. The number of hydrogen-bond acceptors (Lipinski definition) is 5. The van der Waals surface area contributed by atoms with Crippen LogP contribution in [0.2, 0.25) is 5.02 Å². The Morgan fingerprint density at radius 2 is 2.00 bits per heavy atom. The molecule has 2 aromatic rings. The number of carbonyl (C=O) groups excluding carboxylic acids is 2. The smallest absolute Gasteiger partial charge is 0.229 e. The van der Waals surface area contributed by atoms with Crippen LogP contribution in [0.3, 0.4) is 0 Å². The predicted molar refractivity (Wildman–Crippen MR) is 104 cm³/mol. The molecule has 3 rings (SSSR count). The van der Waals surface area contributed by atoms with Crippen molar-refractivity contribution in [1.82, 2.24) is 10.2 Å². The standard InChI is InChI=1S/C18H21ClN4O2S/c1-3-11(4-2)16(25)20-18-22-21-17(26-18)12-9-15(24)23(10-12)14-7-5-13(19)6-8-14/h5-8,11-12H,3-4,9-10H2,1-2H3,(H,20,22,25)/t12-/m1/s1. The van der Waals surface area contributed by atoms with Crippen LogP contribution in [0.25, 0.3) is 0 Å². The first kappa shape index (κ1) is 18.8. The number of benzene rings is 1. The lowest BCUT2D eigenvalue weighted by molar-refractivity contribution is -0.120. The number of hydrogen-bond donors (Lipinski definition) is 1. The van der Waals surface area contributed by atoms with Gasteiger partial charge in [-0.15, -0.1) is 10.2 Å². The second-order valence-corrected chi connectivity index (χ2v) is 7.78. The summed E-state index contributed by atoms with van der Waals surface area (Å²) in [7, 11) is 0. The first-order chi connectivity index (χ1) is 12.5. The summed E-state index contributed by atoms with van der Waals surface area (Å²) in [6.07, 6.45) is 1.97. The normalized spacial score (nSPS) is 17.2. The van der Waals surface area contributed by atoms with Gasteiger partial charge in [-0.3, -0.25) is 9.59 Å². The lowest BCUT2D eigenvalue weighted by Gasteiger charge is -2.16. The molecule has 2 heterocycles. The van der Waals surface area contributed by atoms with Crippen LogP contribution in [0.5, 0.6) is 0 Å². The maximum Gasteiger partial charge on any atom is 0.229 e. The van der Waals surface area contributed by atoms with Crippen LogP contribution >= 0.6 is 22.9 Å². The van der Waals surface area contributed by atoms with E-state index in [4.69, 9.17) is 11.6 Å². The van der Waals surface area contributed by atoms with Crippen LogP contribution in [-0.2, 0) is 9.59 Å². The quantitative estimate of drug-likeness (QED) is 0.803. The molecule has 1 aliphatic heterocycles. The van der Waals surface area contributed by atoms with E-state index in [9.17, 15) is 9.59 Å². The Kier molecular flexibility index (Phi) is 5.88. The molecule has 1 fully saturated rings. The van der Waals surface area contributed by atoms with E-state index in [-0.39, 0.29) is 23.7 Å². The van der Waals surface area contributed by atoms with E-state index in [2.05, 4.69) is 15.5 Å². The number of anilines is 2. The molecule has 0 unspecified atom stereocenters. The van der Waals surface area contributed by atoms with Gasteiger partial charge in [-0.1, -0.05) is 36.8 Å². The van der Waals surface area contributed by atoms with Crippen molar-refractivity contribution in [1.29, 1.82) is 0 Å². The average Bonchev–Trinajstić information content (AvgIpc) is 3.23. The molecule has 1 atom stereocenters. The fourth-order valence-corrected chi connectivity index (χ4v) is 4.02. The van der Waals surface area contributed by atoms with E-state index in [0.717, 1.165) is 23.5 Å². The maximum atomic E-state index is 12.4. The molecular weight excluding hydrogens is 372 g/mol. The van der Waals surface area contributed by atoms with Crippen LogP contribution in [0, 0.1) is 5.92 Å². The summed E-state index contributed by atoms with van der Waals surface area (Å²) in [6.45, 7) is 4.54. The minimum atomic E-state index is -0.0250. The van der Waals surface area contributed by atoms with E-state index in [1.807, 2.05) is 26.0 Å². The van der Waals surface area contributed by atoms with Crippen molar-refractivity contribution in [2.45, 2.75) is 39.0 Å². The number of aromatic nitrogens is 2. The van der Waals surface area contributed by atoms with E-state index in [1.165, 1.54) is 11.3 Å².